The van der Waals surface area contributed by atoms with Crippen molar-refractivity contribution in [1.29, 1.82) is 0 Å². The average Bonchev–Trinajstić information content (AvgIpc) is 3.00. The molecule has 24 heavy (non-hydrogen) atoms. The van der Waals surface area contributed by atoms with Crippen LogP contribution in [0.1, 0.15) is 11.1 Å². The average molecular weight is 330 g/mol. The van der Waals surface area contributed by atoms with Crippen molar-refractivity contribution < 1.29 is 18.0 Å². The van der Waals surface area contributed by atoms with E-state index >= 15 is 0 Å². The lowest BCUT2D eigenvalue weighted by molar-refractivity contribution is -0.137. The number of carbonyl (C=O) groups excluding carboxylic acids is 1. The summed E-state index contributed by atoms with van der Waals surface area (Å²) in [5.74, 6) is -0.357. The lowest BCUT2D eigenvalue weighted by Crippen LogP contribution is -2.07. The second-order valence-electron chi connectivity index (χ2n) is 5.22. The van der Waals surface area contributed by atoms with E-state index in [9.17, 15) is 18.0 Å². The van der Waals surface area contributed by atoms with Crippen molar-refractivity contribution in [2.75, 3.05) is 5.32 Å². The summed E-state index contributed by atoms with van der Waals surface area (Å²) >= 11 is 0. The summed E-state index contributed by atoms with van der Waals surface area (Å²) < 4.78 is 37.4. The van der Waals surface area contributed by atoms with Crippen LogP contribution in [0.4, 0.5) is 18.9 Å². The first kappa shape index (κ1) is 15.9. The lowest BCUT2D eigenvalue weighted by atomic mass is 10.1. The Hall–Kier alpha value is -3.02. The highest BCUT2D eigenvalue weighted by molar-refractivity contribution is 6.02. The number of hydrogen-bond acceptors (Lipinski definition) is 1. The number of nitrogens with one attached hydrogen (secondary N) is 2. The quantitative estimate of drug-likeness (QED) is 0.663. The number of aromatic amines is 1. The van der Waals surface area contributed by atoms with Crippen molar-refractivity contribution >= 4 is 28.6 Å². The Morgan fingerprint density at radius 3 is 2.50 bits per heavy atom. The number of halogens is 3. The van der Waals surface area contributed by atoms with Crippen LogP contribution < -0.4 is 5.32 Å². The molecule has 0 unspecified atom stereocenters. The summed E-state index contributed by atoms with van der Waals surface area (Å²) in [5.41, 5.74) is 1.40. The van der Waals surface area contributed by atoms with E-state index in [0.717, 1.165) is 23.0 Å². The third kappa shape index (κ3) is 3.65. The number of hydrogen-bond donors (Lipinski definition) is 2. The van der Waals surface area contributed by atoms with Gasteiger partial charge in [-0.15, -0.1) is 0 Å². The minimum atomic E-state index is -4.36. The van der Waals surface area contributed by atoms with Gasteiger partial charge >= 0.3 is 6.18 Å². The first-order valence-electron chi connectivity index (χ1n) is 7.15. The van der Waals surface area contributed by atoms with Crippen LogP contribution >= 0.6 is 0 Å². The first-order valence-corrected chi connectivity index (χ1v) is 7.15. The van der Waals surface area contributed by atoms with E-state index in [4.69, 9.17) is 0 Å². The predicted molar refractivity (Wildman–Crippen MR) is 87.4 cm³/mol. The van der Waals surface area contributed by atoms with Gasteiger partial charge in [0.25, 0.3) is 0 Å². The third-order valence-electron chi connectivity index (χ3n) is 3.49. The number of fused-ring (bicyclic) bond motifs is 1. The van der Waals surface area contributed by atoms with Gasteiger partial charge in [-0.25, -0.2) is 0 Å². The summed E-state index contributed by atoms with van der Waals surface area (Å²) in [6.45, 7) is 0. The number of carbonyl (C=O) groups is 1. The zero-order valence-electron chi connectivity index (χ0n) is 12.4. The molecular weight excluding hydrogens is 317 g/mol. The molecule has 122 valence electrons. The van der Waals surface area contributed by atoms with Crippen molar-refractivity contribution in [3.63, 3.8) is 0 Å². The van der Waals surface area contributed by atoms with Gasteiger partial charge in [-0.2, -0.15) is 13.2 Å². The number of benzene rings is 2. The van der Waals surface area contributed by atoms with Gasteiger partial charge in [0.2, 0.25) is 5.91 Å². The minimum absolute atomic E-state index is 0.357. The van der Waals surface area contributed by atoms with Gasteiger partial charge in [-0.05, 0) is 48.0 Å². The van der Waals surface area contributed by atoms with Crippen molar-refractivity contribution in [1.82, 2.24) is 4.98 Å². The maximum absolute atomic E-state index is 12.5. The van der Waals surface area contributed by atoms with Gasteiger partial charge < -0.3 is 10.3 Å². The van der Waals surface area contributed by atoms with Crippen LogP contribution in [-0.4, -0.2) is 10.9 Å². The molecule has 1 heterocycles. The number of amides is 1. The Labute approximate surface area is 135 Å². The van der Waals surface area contributed by atoms with Crippen LogP contribution in [0.25, 0.3) is 17.0 Å². The molecule has 3 nitrogen and oxygen atoms in total. The Morgan fingerprint density at radius 2 is 1.79 bits per heavy atom. The van der Waals surface area contributed by atoms with Gasteiger partial charge in [0.1, 0.15) is 0 Å². The Kier molecular flexibility index (Phi) is 4.12. The Balaban J connectivity index is 1.66. The smallest absolute Gasteiger partial charge is 0.361 e. The normalized spacial score (nSPS) is 12.0. The molecule has 0 fully saturated rings. The number of H-pyrrole nitrogens is 1. The molecule has 0 saturated heterocycles. The highest BCUT2D eigenvalue weighted by Crippen LogP contribution is 2.29. The van der Waals surface area contributed by atoms with E-state index in [-0.39, 0.29) is 5.91 Å². The van der Waals surface area contributed by atoms with E-state index in [2.05, 4.69) is 10.3 Å². The summed E-state index contributed by atoms with van der Waals surface area (Å²) in [5, 5.41) is 3.68. The fraction of sp³-hybridized carbons (Fsp3) is 0.0556. The monoisotopic (exact) mass is 330 g/mol. The number of aromatic nitrogens is 1. The first-order chi connectivity index (χ1) is 11.4. The summed E-state index contributed by atoms with van der Waals surface area (Å²) in [7, 11) is 0. The fourth-order valence-corrected chi connectivity index (χ4v) is 2.27. The maximum Gasteiger partial charge on any atom is 0.416 e. The number of anilines is 1. The van der Waals surface area contributed by atoms with E-state index in [1.165, 1.54) is 24.3 Å². The maximum atomic E-state index is 12.5. The van der Waals surface area contributed by atoms with Gasteiger partial charge in [-0.1, -0.05) is 12.1 Å². The SMILES string of the molecule is O=C(/C=C/c1ccc(C(F)(F)F)cc1)Nc1ccc2[nH]ccc2c1. The van der Waals surface area contributed by atoms with Crippen molar-refractivity contribution in [3.05, 3.63) is 71.9 Å². The number of alkyl halides is 3. The molecule has 3 rings (SSSR count). The highest BCUT2D eigenvalue weighted by Gasteiger charge is 2.29. The van der Waals surface area contributed by atoms with E-state index in [1.54, 1.807) is 12.3 Å². The van der Waals surface area contributed by atoms with Gasteiger partial charge in [0.05, 0.1) is 5.56 Å². The molecule has 1 aromatic heterocycles. The molecule has 6 heteroatoms. The molecule has 1 amide bonds. The van der Waals surface area contributed by atoms with Crippen LogP contribution in [0.2, 0.25) is 0 Å². The van der Waals surface area contributed by atoms with Crippen LogP contribution in [-0.2, 0) is 11.0 Å². The third-order valence-corrected chi connectivity index (χ3v) is 3.49. The molecule has 0 saturated carbocycles. The second-order valence-corrected chi connectivity index (χ2v) is 5.22. The molecule has 0 aliphatic carbocycles. The summed E-state index contributed by atoms with van der Waals surface area (Å²) in [6.07, 6.45) is 0.186. The molecule has 0 aliphatic rings. The molecule has 0 aliphatic heterocycles. The highest BCUT2D eigenvalue weighted by atomic mass is 19.4. The van der Waals surface area contributed by atoms with Crippen molar-refractivity contribution in [3.8, 4) is 0 Å². The molecule has 0 bridgehead atoms. The topological polar surface area (TPSA) is 44.9 Å². The second kappa shape index (κ2) is 6.23. The Morgan fingerprint density at radius 1 is 1.04 bits per heavy atom. The van der Waals surface area contributed by atoms with Crippen LogP contribution in [0, 0.1) is 0 Å². The molecule has 2 aromatic carbocycles. The summed E-state index contributed by atoms with van der Waals surface area (Å²) in [6, 6.07) is 11.9. The van der Waals surface area contributed by atoms with Gasteiger partial charge in [0.15, 0.2) is 0 Å². The molecule has 3 aromatic rings. The predicted octanol–water partition coefficient (Wildman–Crippen LogP) is 4.84. The van der Waals surface area contributed by atoms with E-state index in [1.807, 2.05) is 18.2 Å². The lowest BCUT2D eigenvalue weighted by Gasteiger charge is -2.06. The zero-order chi connectivity index (χ0) is 17.2. The van der Waals surface area contributed by atoms with E-state index < -0.39 is 11.7 Å². The zero-order valence-corrected chi connectivity index (χ0v) is 12.4. The largest absolute Gasteiger partial charge is 0.416 e. The molecule has 0 radical (unpaired) electrons. The van der Waals surface area contributed by atoms with Crippen molar-refractivity contribution in [2.24, 2.45) is 0 Å². The minimum Gasteiger partial charge on any atom is -0.361 e. The standard InChI is InChI=1S/C18H13F3N2O/c19-18(20,21)14-4-1-12(2-5-14)3-8-17(24)23-15-6-7-16-13(11-15)9-10-22-16/h1-11,22H,(H,23,24)/b8-3+. The molecule has 0 spiro atoms. The van der Waals surface area contributed by atoms with Crippen molar-refractivity contribution in [2.45, 2.75) is 6.18 Å². The van der Waals surface area contributed by atoms with Crippen LogP contribution in [0.3, 0.4) is 0 Å². The van der Waals surface area contributed by atoms with Crippen LogP contribution in [0.15, 0.2) is 60.8 Å². The summed E-state index contributed by atoms with van der Waals surface area (Å²) in [4.78, 5) is 15.0. The van der Waals surface area contributed by atoms with Gasteiger partial charge in [0, 0.05) is 28.9 Å². The number of rotatable bonds is 3. The van der Waals surface area contributed by atoms with E-state index in [0.29, 0.717) is 11.3 Å². The molecular formula is C18H13F3N2O. The molecule has 0 atom stereocenters. The van der Waals surface area contributed by atoms with Gasteiger partial charge in [-0.3, -0.25) is 4.79 Å². The Bertz CT molecular complexity index is 893. The van der Waals surface area contributed by atoms with Crippen LogP contribution in [0.5, 0.6) is 0 Å². The molecule has 2 N–H and O–H groups in total. The fourth-order valence-electron chi connectivity index (χ4n) is 2.27.